The van der Waals surface area contributed by atoms with Crippen molar-refractivity contribution in [2.75, 3.05) is 45.2 Å². The number of rotatable bonds is 10. The van der Waals surface area contributed by atoms with E-state index in [1.807, 2.05) is 0 Å². The molecule has 3 heteroatoms. The molecule has 21 heavy (non-hydrogen) atoms. The van der Waals surface area contributed by atoms with E-state index in [1.165, 1.54) is 17.7 Å². The summed E-state index contributed by atoms with van der Waals surface area (Å²) in [6.45, 7) is 12.1. The summed E-state index contributed by atoms with van der Waals surface area (Å²) >= 11 is 0. The normalized spacial score (nSPS) is 11.4. The Bertz CT molecular complexity index is 388. The summed E-state index contributed by atoms with van der Waals surface area (Å²) in [7, 11) is 4.28. The lowest BCUT2D eigenvalue weighted by Crippen LogP contribution is -2.33. The second-order valence-electron chi connectivity index (χ2n) is 6.44. The highest BCUT2D eigenvalue weighted by Gasteiger charge is 2.10. The first-order valence-corrected chi connectivity index (χ1v) is 8.22. The van der Waals surface area contributed by atoms with Crippen molar-refractivity contribution in [1.82, 2.24) is 10.2 Å². The van der Waals surface area contributed by atoms with Crippen LogP contribution in [0, 0.1) is 5.92 Å². The van der Waals surface area contributed by atoms with Crippen molar-refractivity contribution in [2.45, 2.75) is 33.7 Å². The minimum absolute atomic E-state index is 0.692. The predicted octanol–water partition coefficient (Wildman–Crippen LogP) is 3.21. The number of nitrogens with zero attached hydrogens (tertiary/aromatic N) is 2. The molecule has 0 saturated heterocycles. The maximum atomic E-state index is 3.57. The van der Waals surface area contributed by atoms with Gasteiger partial charge in [0, 0.05) is 31.9 Å². The molecule has 0 unspecified atom stereocenters. The summed E-state index contributed by atoms with van der Waals surface area (Å²) < 4.78 is 0. The van der Waals surface area contributed by atoms with E-state index in [9.17, 15) is 0 Å². The second-order valence-corrected chi connectivity index (χ2v) is 6.44. The smallest absolute Gasteiger partial charge is 0.0412 e. The molecule has 0 radical (unpaired) electrons. The van der Waals surface area contributed by atoms with Gasteiger partial charge >= 0.3 is 0 Å². The fraction of sp³-hybridized carbons (Fsp3) is 0.667. The molecule has 120 valence electrons. The van der Waals surface area contributed by atoms with Crippen LogP contribution < -0.4 is 10.2 Å². The van der Waals surface area contributed by atoms with Gasteiger partial charge in [0.15, 0.2) is 0 Å². The van der Waals surface area contributed by atoms with Crippen molar-refractivity contribution in [3.63, 3.8) is 0 Å². The van der Waals surface area contributed by atoms with Crippen LogP contribution in [0.1, 0.15) is 32.8 Å². The highest BCUT2D eigenvalue weighted by molar-refractivity contribution is 5.53. The molecule has 0 aliphatic rings. The van der Waals surface area contributed by atoms with E-state index in [4.69, 9.17) is 0 Å². The molecule has 0 aliphatic heterocycles. The highest BCUT2D eigenvalue weighted by Crippen LogP contribution is 2.20. The zero-order valence-electron chi connectivity index (χ0n) is 14.5. The Balaban J connectivity index is 2.76. The quantitative estimate of drug-likeness (QED) is 0.714. The fourth-order valence-corrected chi connectivity index (χ4v) is 2.41. The molecule has 0 atom stereocenters. The molecule has 0 bridgehead atoms. The van der Waals surface area contributed by atoms with E-state index in [-0.39, 0.29) is 0 Å². The Morgan fingerprint density at radius 2 is 1.76 bits per heavy atom. The monoisotopic (exact) mass is 291 g/mol. The summed E-state index contributed by atoms with van der Waals surface area (Å²) in [5, 5.41) is 3.57. The zero-order chi connectivity index (χ0) is 15.7. The van der Waals surface area contributed by atoms with Gasteiger partial charge in [-0.2, -0.15) is 0 Å². The summed E-state index contributed by atoms with van der Waals surface area (Å²) in [4.78, 5) is 4.77. The largest absolute Gasteiger partial charge is 0.370 e. The van der Waals surface area contributed by atoms with Crippen LogP contribution in [0.5, 0.6) is 0 Å². The van der Waals surface area contributed by atoms with Crippen LogP contribution in [-0.4, -0.2) is 45.2 Å². The molecule has 1 N–H and O–H groups in total. The van der Waals surface area contributed by atoms with Crippen molar-refractivity contribution in [3.05, 3.63) is 29.8 Å². The zero-order valence-corrected chi connectivity index (χ0v) is 14.5. The van der Waals surface area contributed by atoms with Crippen molar-refractivity contribution in [3.8, 4) is 0 Å². The Morgan fingerprint density at radius 3 is 2.38 bits per heavy atom. The van der Waals surface area contributed by atoms with Crippen molar-refractivity contribution < 1.29 is 0 Å². The average Bonchev–Trinajstić information content (AvgIpc) is 2.43. The topological polar surface area (TPSA) is 18.5 Å². The fourth-order valence-electron chi connectivity index (χ4n) is 2.41. The standard InChI is InChI=1S/C18H33N3/c1-6-11-21(13-12-20(4)5)18-10-8-7-9-17(18)15-19-14-16(2)3/h7-10,16,19H,6,11-15H2,1-5H3. The van der Waals surface area contributed by atoms with E-state index in [0.29, 0.717) is 5.92 Å². The van der Waals surface area contributed by atoms with Crippen molar-refractivity contribution >= 4 is 5.69 Å². The first kappa shape index (κ1) is 18.0. The van der Waals surface area contributed by atoms with Crippen LogP contribution in [0.15, 0.2) is 24.3 Å². The molecule has 1 aromatic rings. The van der Waals surface area contributed by atoms with Gasteiger partial charge in [-0.15, -0.1) is 0 Å². The van der Waals surface area contributed by atoms with Gasteiger partial charge in [0.25, 0.3) is 0 Å². The van der Waals surface area contributed by atoms with Gasteiger partial charge in [0.2, 0.25) is 0 Å². The molecule has 0 saturated carbocycles. The van der Waals surface area contributed by atoms with Crippen LogP contribution in [-0.2, 0) is 6.54 Å². The lowest BCUT2D eigenvalue weighted by atomic mass is 10.1. The molecule has 0 amide bonds. The summed E-state index contributed by atoms with van der Waals surface area (Å²) in [5.74, 6) is 0.692. The number of likely N-dealkylation sites (N-methyl/N-ethyl adjacent to an activating group) is 1. The van der Waals surface area contributed by atoms with Crippen LogP contribution in [0.4, 0.5) is 5.69 Å². The molecule has 3 nitrogen and oxygen atoms in total. The molecule has 0 aromatic heterocycles. The van der Waals surface area contributed by atoms with E-state index >= 15 is 0 Å². The van der Waals surface area contributed by atoms with Gasteiger partial charge in [-0.3, -0.25) is 0 Å². The first-order valence-electron chi connectivity index (χ1n) is 8.22. The number of benzene rings is 1. The van der Waals surface area contributed by atoms with Gasteiger partial charge in [0.1, 0.15) is 0 Å². The van der Waals surface area contributed by atoms with Gasteiger partial charge in [-0.25, -0.2) is 0 Å². The van der Waals surface area contributed by atoms with Crippen LogP contribution >= 0.6 is 0 Å². The molecule has 0 fully saturated rings. The molecule has 0 spiro atoms. The number of nitrogens with one attached hydrogen (secondary N) is 1. The average molecular weight is 291 g/mol. The summed E-state index contributed by atoms with van der Waals surface area (Å²) in [6, 6.07) is 8.81. The van der Waals surface area contributed by atoms with Crippen molar-refractivity contribution in [2.24, 2.45) is 5.92 Å². The van der Waals surface area contributed by atoms with E-state index in [0.717, 1.165) is 32.7 Å². The van der Waals surface area contributed by atoms with Gasteiger partial charge in [-0.1, -0.05) is 39.0 Å². The Hall–Kier alpha value is -1.06. The first-order chi connectivity index (χ1) is 10.0. The van der Waals surface area contributed by atoms with Gasteiger partial charge in [-0.05, 0) is 44.6 Å². The molecule has 0 aliphatic carbocycles. The number of anilines is 1. The Kier molecular flexibility index (Phi) is 8.40. The van der Waals surface area contributed by atoms with Crippen LogP contribution in [0.3, 0.4) is 0 Å². The number of hydrogen-bond acceptors (Lipinski definition) is 3. The number of para-hydroxylation sites is 1. The third kappa shape index (κ3) is 6.96. The van der Waals surface area contributed by atoms with E-state index in [1.54, 1.807) is 0 Å². The third-order valence-electron chi connectivity index (χ3n) is 3.51. The molecule has 0 heterocycles. The van der Waals surface area contributed by atoms with Crippen molar-refractivity contribution in [1.29, 1.82) is 0 Å². The van der Waals surface area contributed by atoms with E-state index in [2.05, 4.69) is 74.2 Å². The Morgan fingerprint density at radius 1 is 1.05 bits per heavy atom. The van der Waals surface area contributed by atoms with Gasteiger partial charge < -0.3 is 15.1 Å². The lowest BCUT2D eigenvalue weighted by molar-refractivity contribution is 0.412. The second kappa shape index (κ2) is 9.80. The molecule has 1 aromatic carbocycles. The maximum absolute atomic E-state index is 3.57. The molecular formula is C18H33N3. The SMILES string of the molecule is CCCN(CCN(C)C)c1ccccc1CNCC(C)C. The highest BCUT2D eigenvalue weighted by atomic mass is 15.2. The predicted molar refractivity (Wildman–Crippen MR) is 94.0 cm³/mol. The molecule has 1 rings (SSSR count). The third-order valence-corrected chi connectivity index (χ3v) is 3.51. The van der Waals surface area contributed by atoms with Crippen LogP contribution in [0.25, 0.3) is 0 Å². The lowest BCUT2D eigenvalue weighted by Gasteiger charge is -2.28. The summed E-state index contributed by atoms with van der Waals surface area (Å²) in [5.41, 5.74) is 2.79. The van der Waals surface area contributed by atoms with Gasteiger partial charge in [0.05, 0.1) is 0 Å². The van der Waals surface area contributed by atoms with E-state index < -0.39 is 0 Å². The van der Waals surface area contributed by atoms with Crippen LogP contribution in [0.2, 0.25) is 0 Å². The number of hydrogen-bond donors (Lipinski definition) is 1. The minimum atomic E-state index is 0.692. The minimum Gasteiger partial charge on any atom is -0.370 e. The maximum Gasteiger partial charge on any atom is 0.0412 e. The molecular weight excluding hydrogens is 258 g/mol. The Labute approximate surface area is 131 Å². The summed E-state index contributed by atoms with van der Waals surface area (Å²) in [6.07, 6.45) is 1.18.